The summed E-state index contributed by atoms with van der Waals surface area (Å²) in [6.07, 6.45) is 3.82. The predicted molar refractivity (Wildman–Crippen MR) is 84.2 cm³/mol. The van der Waals surface area contributed by atoms with Crippen molar-refractivity contribution < 1.29 is 0 Å². The van der Waals surface area contributed by atoms with Gasteiger partial charge in [0.1, 0.15) is 12.0 Å². The molecule has 1 N–H and O–H groups in total. The number of aryl methyl sites for hydroxylation is 1. The van der Waals surface area contributed by atoms with Crippen molar-refractivity contribution in [3.8, 4) is 0 Å². The highest BCUT2D eigenvalue weighted by Gasteiger charge is 2.34. The average molecular weight is 281 g/mol. The SMILES string of the molecule is CNC1C(C)C(c2cnc(C)nc2)=NN1c1ccccc1. The molecule has 2 unspecified atom stereocenters. The number of anilines is 1. The molecule has 2 atom stereocenters. The van der Waals surface area contributed by atoms with Crippen molar-refractivity contribution in [2.75, 3.05) is 12.1 Å². The molecule has 0 radical (unpaired) electrons. The van der Waals surface area contributed by atoms with Crippen LogP contribution in [-0.2, 0) is 0 Å². The Morgan fingerprint density at radius 1 is 1.10 bits per heavy atom. The highest BCUT2D eigenvalue weighted by atomic mass is 15.5. The minimum atomic E-state index is 0.128. The van der Waals surface area contributed by atoms with E-state index in [-0.39, 0.29) is 12.1 Å². The molecule has 0 saturated carbocycles. The smallest absolute Gasteiger partial charge is 0.125 e. The van der Waals surface area contributed by atoms with Crippen LogP contribution in [0.5, 0.6) is 0 Å². The molecule has 0 saturated heterocycles. The highest BCUT2D eigenvalue weighted by molar-refractivity contribution is 6.04. The first-order chi connectivity index (χ1) is 10.2. The fourth-order valence-corrected chi connectivity index (χ4v) is 2.65. The van der Waals surface area contributed by atoms with Gasteiger partial charge in [-0.15, -0.1) is 0 Å². The van der Waals surface area contributed by atoms with E-state index in [9.17, 15) is 0 Å². The third-order valence-electron chi connectivity index (χ3n) is 3.78. The third-order valence-corrected chi connectivity index (χ3v) is 3.78. The molecule has 0 aliphatic carbocycles. The number of aromatic nitrogens is 2. The van der Waals surface area contributed by atoms with Crippen LogP contribution in [0.4, 0.5) is 5.69 Å². The van der Waals surface area contributed by atoms with Gasteiger partial charge in [0, 0.05) is 23.9 Å². The second-order valence-corrected chi connectivity index (χ2v) is 5.21. The third kappa shape index (κ3) is 2.52. The molecule has 2 aromatic rings. The number of nitrogens with zero attached hydrogens (tertiary/aromatic N) is 4. The Morgan fingerprint density at radius 2 is 1.76 bits per heavy atom. The average Bonchev–Trinajstić information content (AvgIpc) is 2.86. The first-order valence-electron chi connectivity index (χ1n) is 7.10. The van der Waals surface area contributed by atoms with Gasteiger partial charge in [-0.05, 0) is 26.1 Å². The molecular formula is C16H19N5. The molecule has 0 amide bonds. The summed E-state index contributed by atoms with van der Waals surface area (Å²) >= 11 is 0. The van der Waals surface area contributed by atoms with Crippen LogP contribution >= 0.6 is 0 Å². The molecule has 21 heavy (non-hydrogen) atoms. The number of nitrogens with one attached hydrogen (secondary N) is 1. The van der Waals surface area contributed by atoms with E-state index in [2.05, 4.69) is 34.3 Å². The molecular weight excluding hydrogens is 262 g/mol. The van der Waals surface area contributed by atoms with E-state index >= 15 is 0 Å². The van der Waals surface area contributed by atoms with Gasteiger partial charge in [0.2, 0.25) is 0 Å². The normalized spacial score (nSPS) is 21.5. The Labute approximate surface area is 124 Å². The van der Waals surface area contributed by atoms with Crippen LogP contribution in [0.25, 0.3) is 0 Å². The first kappa shape index (κ1) is 13.7. The van der Waals surface area contributed by atoms with Crippen molar-refractivity contribution in [3.63, 3.8) is 0 Å². The van der Waals surface area contributed by atoms with Crippen LogP contribution in [0, 0.1) is 12.8 Å². The van der Waals surface area contributed by atoms with Crippen LogP contribution in [0.3, 0.4) is 0 Å². The summed E-state index contributed by atoms with van der Waals surface area (Å²) in [5, 5.41) is 10.2. The Morgan fingerprint density at radius 3 is 2.38 bits per heavy atom. The van der Waals surface area contributed by atoms with Crippen molar-refractivity contribution in [1.82, 2.24) is 15.3 Å². The standard InChI is InChI=1S/C16H19N5/c1-11-15(13-9-18-12(2)19-10-13)20-21(16(11)17-3)14-7-5-4-6-8-14/h4-11,16-17H,1-3H3. The summed E-state index contributed by atoms with van der Waals surface area (Å²) in [7, 11) is 1.96. The lowest BCUT2D eigenvalue weighted by atomic mass is 9.98. The summed E-state index contributed by atoms with van der Waals surface area (Å²) in [5.74, 6) is 1.02. The van der Waals surface area contributed by atoms with Crippen LogP contribution < -0.4 is 10.3 Å². The molecule has 3 rings (SSSR count). The van der Waals surface area contributed by atoms with E-state index in [1.54, 1.807) is 0 Å². The quantitative estimate of drug-likeness (QED) is 0.937. The summed E-state index contributed by atoms with van der Waals surface area (Å²) in [5.41, 5.74) is 3.07. The molecule has 1 aliphatic heterocycles. The zero-order valence-corrected chi connectivity index (χ0v) is 12.5. The second kappa shape index (κ2) is 5.61. The second-order valence-electron chi connectivity index (χ2n) is 5.21. The van der Waals surface area contributed by atoms with E-state index in [1.165, 1.54) is 0 Å². The summed E-state index contributed by atoms with van der Waals surface area (Å²) < 4.78 is 0. The summed E-state index contributed by atoms with van der Waals surface area (Å²) in [6.45, 7) is 4.05. The number of rotatable bonds is 3. The minimum Gasteiger partial charge on any atom is -0.298 e. The van der Waals surface area contributed by atoms with Crippen LogP contribution in [-0.4, -0.2) is 28.9 Å². The molecule has 1 aromatic carbocycles. The summed E-state index contributed by atoms with van der Waals surface area (Å²) in [4.78, 5) is 8.55. The molecule has 108 valence electrons. The largest absolute Gasteiger partial charge is 0.298 e. The molecule has 5 heteroatoms. The van der Waals surface area contributed by atoms with Crippen LogP contribution in [0.15, 0.2) is 47.8 Å². The maximum absolute atomic E-state index is 4.80. The summed E-state index contributed by atoms with van der Waals surface area (Å²) in [6, 6.07) is 10.2. The maximum Gasteiger partial charge on any atom is 0.125 e. The fourth-order valence-electron chi connectivity index (χ4n) is 2.65. The van der Waals surface area contributed by atoms with E-state index in [4.69, 9.17) is 5.10 Å². The van der Waals surface area contributed by atoms with Gasteiger partial charge in [0.15, 0.2) is 0 Å². The number of benzene rings is 1. The molecule has 2 heterocycles. The molecule has 1 aliphatic rings. The number of hydrogen-bond donors (Lipinski definition) is 1. The zero-order chi connectivity index (χ0) is 14.8. The zero-order valence-electron chi connectivity index (χ0n) is 12.5. The first-order valence-corrected chi connectivity index (χ1v) is 7.10. The lowest BCUT2D eigenvalue weighted by Crippen LogP contribution is -2.42. The molecule has 0 bridgehead atoms. The molecule has 5 nitrogen and oxygen atoms in total. The molecule has 0 spiro atoms. The van der Waals surface area contributed by atoms with Gasteiger partial charge in [-0.2, -0.15) is 5.10 Å². The molecule has 1 aromatic heterocycles. The monoisotopic (exact) mass is 281 g/mol. The van der Waals surface area contributed by atoms with Gasteiger partial charge in [0.05, 0.1) is 11.4 Å². The van der Waals surface area contributed by atoms with Crippen molar-refractivity contribution in [1.29, 1.82) is 0 Å². The van der Waals surface area contributed by atoms with Gasteiger partial charge < -0.3 is 0 Å². The Hall–Kier alpha value is -2.27. The van der Waals surface area contributed by atoms with Crippen molar-refractivity contribution >= 4 is 11.4 Å². The Bertz CT molecular complexity index is 635. The van der Waals surface area contributed by atoms with Crippen molar-refractivity contribution in [3.05, 3.63) is 54.1 Å². The highest BCUT2D eigenvalue weighted by Crippen LogP contribution is 2.28. The van der Waals surface area contributed by atoms with E-state index < -0.39 is 0 Å². The number of para-hydroxylation sites is 1. The lowest BCUT2D eigenvalue weighted by molar-refractivity contribution is 0.493. The van der Waals surface area contributed by atoms with E-state index in [0.717, 1.165) is 22.8 Å². The van der Waals surface area contributed by atoms with E-state index in [0.29, 0.717) is 0 Å². The molecule has 0 fully saturated rings. The van der Waals surface area contributed by atoms with Crippen LogP contribution in [0.2, 0.25) is 0 Å². The number of hydrogen-bond acceptors (Lipinski definition) is 5. The Balaban J connectivity index is 1.99. The minimum absolute atomic E-state index is 0.128. The van der Waals surface area contributed by atoms with Crippen molar-refractivity contribution in [2.45, 2.75) is 20.0 Å². The number of hydrazone groups is 1. The fraction of sp³-hybridized carbons (Fsp3) is 0.312. The van der Waals surface area contributed by atoms with Crippen molar-refractivity contribution in [2.24, 2.45) is 11.0 Å². The lowest BCUT2D eigenvalue weighted by Gasteiger charge is -2.25. The van der Waals surface area contributed by atoms with Gasteiger partial charge in [0.25, 0.3) is 0 Å². The van der Waals surface area contributed by atoms with Gasteiger partial charge in [-0.1, -0.05) is 25.1 Å². The van der Waals surface area contributed by atoms with Crippen LogP contribution in [0.1, 0.15) is 18.3 Å². The maximum atomic E-state index is 4.80. The van der Waals surface area contributed by atoms with Gasteiger partial charge in [-0.25, -0.2) is 15.0 Å². The predicted octanol–water partition coefficient (Wildman–Crippen LogP) is 2.19. The van der Waals surface area contributed by atoms with Gasteiger partial charge >= 0.3 is 0 Å². The topological polar surface area (TPSA) is 53.4 Å². The van der Waals surface area contributed by atoms with E-state index in [1.807, 2.05) is 49.6 Å². The Kier molecular flexibility index (Phi) is 3.66. The van der Waals surface area contributed by atoms with Gasteiger partial charge in [-0.3, -0.25) is 5.32 Å².